The fraction of sp³-hybridized carbons (Fsp3) is 0.550. The zero-order valence-electron chi connectivity index (χ0n) is 15.3. The second kappa shape index (κ2) is 9.24. The highest BCUT2D eigenvalue weighted by Crippen LogP contribution is 2.28. The van der Waals surface area contributed by atoms with Gasteiger partial charge in [0.15, 0.2) is 0 Å². The molecule has 2 atom stereocenters. The van der Waals surface area contributed by atoms with Gasteiger partial charge in [-0.2, -0.15) is 0 Å². The van der Waals surface area contributed by atoms with Gasteiger partial charge in [0.05, 0.1) is 5.71 Å². The van der Waals surface area contributed by atoms with Crippen molar-refractivity contribution in [3.8, 4) is 0 Å². The van der Waals surface area contributed by atoms with Gasteiger partial charge in [0.2, 0.25) is 0 Å². The average molecular weight is 349 g/mol. The van der Waals surface area contributed by atoms with Crippen molar-refractivity contribution in [2.45, 2.75) is 33.1 Å². The van der Waals surface area contributed by atoms with Crippen LogP contribution in [0.3, 0.4) is 0 Å². The second-order valence-corrected chi connectivity index (χ2v) is 7.59. The van der Waals surface area contributed by atoms with Crippen molar-refractivity contribution in [1.29, 1.82) is 0 Å². The predicted molar refractivity (Wildman–Crippen MR) is 104 cm³/mol. The van der Waals surface area contributed by atoms with Crippen molar-refractivity contribution in [1.82, 2.24) is 4.90 Å². The highest BCUT2D eigenvalue weighted by atomic mass is 35.5. The Labute approximate surface area is 151 Å². The van der Waals surface area contributed by atoms with E-state index < -0.39 is 0 Å². The Balaban J connectivity index is 2.08. The molecule has 1 saturated carbocycles. The summed E-state index contributed by atoms with van der Waals surface area (Å²) in [6.07, 6.45) is 5.66. The molecule has 1 aliphatic carbocycles. The van der Waals surface area contributed by atoms with E-state index in [-0.39, 0.29) is 0 Å². The maximum atomic E-state index is 5.97. The highest BCUT2D eigenvalue weighted by molar-refractivity contribution is 6.30. The summed E-state index contributed by atoms with van der Waals surface area (Å²) in [5.74, 6) is 0.911. The van der Waals surface area contributed by atoms with Crippen LogP contribution in [0.4, 0.5) is 0 Å². The van der Waals surface area contributed by atoms with E-state index in [2.05, 4.69) is 44.1 Å². The quantitative estimate of drug-likeness (QED) is 0.667. The normalized spacial score (nSPS) is 23.0. The summed E-state index contributed by atoms with van der Waals surface area (Å²) in [4.78, 5) is 7.87. The lowest BCUT2D eigenvalue weighted by atomic mass is 9.84. The fourth-order valence-corrected chi connectivity index (χ4v) is 3.27. The van der Waals surface area contributed by atoms with Crippen LogP contribution in [0.2, 0.25) is 5.02 Å². The van der Waals surface area contributed by atoms with Gasteiger partial charge in [-0.15, -0.1) is 0 Å². The first-order valence-electron chi connectivity index (χ1n) is 8.76. The Morgan fingerprint density at radius 1 is 1.33 bits per heavy atom. The lowest BCUT2D eigenvalue weighted by Gasteiger charge is -2.23. The van der Waals surface area contributed by atoms with Crippen LogP contribution in [0, 0.1) is 11.8 Å². The SMILES string of the molecule is C[C@H](CO/N=C1/C(=C/c2ccc(Cl)cc2)CCC[C@H]1C)CN(C)C. The van der Waals surface area contributed by atoms with E-state index in [1.165, 1.54) is 18.4 Å². The average Bonchev–Trinajstić information content (AvgIpc) is 2.51. The minimum Gasteiger partial charge on any atom is -0.395 e. The third-order valence-electron chi connectivity index (χ3n) is 4.29. The van der Waals surface area contributed by atoms with E-state index in [9.17, 15) is 0 Å². The molecule has 0 bridgehead atoms. The molecular formula is C20H29ClN2O. The van der Waals surface area contributed by atoms with Gasteiger partial charge >= 0.3 is 0 Å². The van der Waals surface area contributed by atoms with Crippen molar-refractivity contribution in [3.63, 3.8) is 0 Å². The number of oxime groups is 1. The number of hydrogen-bond donors (Lipinski definition) is 0. The molecule has 0 aliphatic heterocycles. The van der Waals surface area contributed by atoms with E-state index in [0.29, 0.717) is 18.4 Å². The van der Waals surface area contributed by atoms with Crippen LogP contribution in [0.1, 0.15) is 38.7 Å². The van der Waals surface area contributed by atoms with Gasteiger partial charge in [-0.25, -0.2) is 0 Å². The standard InChI is InChI=1S/C20H29ClN2O/c1-15(13-23(3)4)14-24-22-20-16(2)6-5-7-18(20)12-17-8-10-19(21)11-9-17/h8-12,15-16H,5-7,13-14H2,1-4H3/b18-12+,22-20+/t15-,16+/m0/s1. The van der Waals surface area contributed by atoms with Crippen LogP contribution in [0.15, 0.2) is 35.0 Å². The summed E-state index contributed by atoms with van der Waals surface area (Å²) in [6.45, 7) is 6.09. The molecule has 0 radical (unpaired) electrons. The number of hydrogen-bond acceptors (Lipinski definition) is 3. The molecule has 0 saturated heterocycles. The zero-order chi connectivity index (χ0) is 17.5. The largest absolute Gasteiger partial charge is 0.395 e. The fourth-order valence-electron chi connectivity index (χ4n) is 3.14. The highest BCUT2D eigenvalue weighted by Gasteiger charge is 2.21. The summed E-state index contributed by atoms with van der Waals surface area (Å²) in [5, 5.41) is 5.28. The molecule has 4 heteroatoms. The molecule has 0 spiro atoms. The van der Waals surface area contributed by atoms with Gasteiger partial charge in [0.25, 0.3) is 0 Å². The lowest BCUT2D eigenvalue weighted by Crippen LogP contribution is -2.23. The summed E-state index contributed by atoms with van der Waals surface area (Å²) >= 11 is 5.97. The molecule has 0 amide bonds. The van der Waals surface area contributed by atoms with Crippen molar-refractivity contribution in [2.75, 3.05) is 27.2 Å². The van der Waals surface area contributed by atoms with Crippen molar-refractivity contribution in [2.24, 2.45) is 17.0 Å². The van der Waals surface area contributed by atoms with Crippen molar-refractivity contribution < 1.29 is 4.84 Å². The number of nitrogens with zero attached hydrogens (tertiary/aromatic N) is 2. The molecule has 1 aromatic rings. The Morgan fingerprint density at radius 2 is 2.04 bits per heavy atom. The first-order valence-corrected chi connectivity index (χ1v) is 9.14. The summed E-state index contributed by atoms with van der Waals surface area (Å²) in [5.41, 5.74) is 3.56. The molecule has 0 N–H and O–H groups in total. The van der Waals surface area contributed by atoms with Crippen LogP contribution in [0.25, 0.3) is 6.08 Å². The maximum Gasteiger partial charge on any atom is 0.120 e. The molecule has 24 heavy (non-hydrogen) atoms. The number of rotatable bonds is 6. The van der Waals surface area contributed by atoms with Gasteiger partial charge in [-0.1, -0.05) is 42.7 Å². The molecule has 0 heterocycles. The van der Waals surface area contributed by atoms with Crippen LogP contribution in [0.5, 0.6) is 0 Å². The van der Waals surface area contributed by atoms with Gasteiger partial charge < -0.3 is 9.74 Å². The Kier molecular flexibility index (Phi) is 7.32. The van der Waals surface area contributed by atoms with Gasteiger partial charge in [-0.05, 0) is 62.7 Å². The Bertz CT molecular complexity index is 578. The monoisotopic (exact) mass is 348 g/mol. The van der Waals surface area contributed by atoms with Crippen LogP contribution in [-0.2, 0) is 4.84 Å². The Morgan fingerprint density at radius 3 is 2.71 bits per heavy atom. The number of halogens is 1. The first-order chi connectivity index (χ1) is 11.5. The van der Waals surface area contributed by atoms with Gasteiger partial charge in [0, 0.05) is 23.4 Å². The number of benzene rings is 1. The Hall–Kier alpha value is -1.32. The molecule has 1 fully saturated rings. The third-order valence-corrected chi connectivity index (χ3v) is 4.54. The molecule has 3 nitrogen and oxygen atoms in total. The molecule has 1 aliphatic rings. The zero-order valence-corrected chi connectivity index (χ0v) is 16.0. The molecule has 132 valence electrons. The van der Waals surface area contributed by atoms with Crippen LogP contribution in [-0.4, -0.2) is 37.9 Å². The van der Waals surface area contributed by atoms with E-state index in [4.69, 9.17) is 16.4 Å². The summed E-state index contributed by atoms with van der Waals surface area (Å²) < 4.78 is 0. The maximum absolute atomic E-state index is 5.97. The summed E-state index contributed by atoms with van der Waals surface area (Å²) in [7, 11) is 4.16. The molecular weight excluding hydrogens is 320 g/mol. The second-order valence-electron chi connectivity index (χ2n) is 7.15. The number of allylic oxidation sites excluding steroid dienone is 1. The van der Waals surface area contributed by atoms with Crippen LogP contribution < -0.4 is 0 Å². The molecule has 2 rings (SSSR count). The van der Waals surface area contributed by atoms with Crippen molar-refractivity contribution >= 4 is 23.4 Å². The van der Waals surface area contributed by atoms with E-state index >= 15 is 0 Å². The lowest BCUT2D eigenvalue weighted by molar-refractivity contribution is 0.100. The minimum absolute atomic E-state index is 0.446. The minimum atomic E-state index is 0.446. The molecule has 0 aromatic heterocycles. The van der Waals surface area contributed by atoms with Gasteiger partial charge in [-0.3, -0.25) is 0 Å². The van der Waals surface area contributed by atoms with E-state index in [0.717, 1.165) is 29.3 Å². The molecule has 1 aromatic carbocycles. The van der Waals surface area contributed by atoms with E-state index in [1.807, 2.05) is 24.3 Å². The summed E-state index contributed by atoms with van der Waals surface area (Å²) in [6, 6.07) is 7.95. The first kappa shape index (κ1) is 19.0. The molecule has 0 unspecified atom stereocenters. The van der Waals surface area contributed by atoms with Crippen LogP contribution >= 0.6 is 11.6 Å². The van der Waals surface area contributed by atoms with Gasteiger partial charge in [0.1, 0.15) is 6.61 Å². The van der Waals surface area contributed by atoms with Crippen molar-refractivity contribution in [3.05, 3.63) is 40.4 Å². The third kappa shape index (κ3) is 5.95. The topological polar surface area (TPSA) is 24.8 Å². The predicted octanol–water partition coefficient (Wildman–Crippen LogP) is 5.11. The smallest absolute Gasteiger partial charge is 0.120 e. The van der Waals surface area contributed by atoms with E-state index in [1.54, 1.807) is 0 Å².